The summed E-state index contributed by atoms with van der Waals surface area (Å²) < 4.78 is 2.75. The van der Waals surface area contributed by atoms with Crippen molar-refractivity contribution in [3.8, 4) is 0 Å². The topological polar surface area (TPSA) is 38.0 Å². The van der Waals surface area contributed by atoms with E-state index in [0.717, 1.165) is 6.42 Å². The van der Waals surface area contributed by atoms with Gasteiger partial charge in [-0.3, -0.25) is 4.72 Å². The monoisotopic (exact) mass is 204 g/mol. The molecule has 0 aliphatic heterocycles. The SMILES string of the molecule is CCCCCCCCCC(N)NS. The predicted molar refractivity (Wildman–Crippen MR) is 62.7 cm³/mol. The molecule has 0 radical (unpaired) electrons. The van der Waals surface area contributed by atoms with Gasteiger partial charge in [-0.1, -0.05) is 64.7 Å². The fourth-order valence-electron chi connectivity index (χ4n) is 1.39. The van der Waals surface area contributed by atoms with Gasteiger partial charge in [0.25, 0.3) is 0 Å². The van der Waals surface area contributed by atoms with Crippen molar-refractivity contribution in [2.45, 2.75) is 64.5 Å². The van der Waals surface area contributed by atoms with Crippen molar-refractivity contribution in [3.05, 3.63) is 0 Å². The average Bonchev–Trinajstić information content (AvgIpc) is 2.16. The lowest BCUT2D eigenvalue weighted by Crippen LogP contribution is -2.30. The maximum absolute atomic E-state index is 5.65. The third-order valence-corrected chi connectivity index (χ3v) is 2.62. The number of nitrogens with two attached hydrogens (primary N) is 1. The van der Waals surface area contributed by atoms with E-state index in [1.54, 1.807) is 0 Å². The minimum Gasteiger partial charge on any atom is -0.315 e. The number of thiol groups is 1. The largest absolute Gasteiger partial charge is 0.315 e. The summed E-state index contributed by atoms with van der Waals surface area (Å²) >= 11 is 3.91. The first-order valence-corrected chi connectivity index (χ1v) is 5.91. The van der Waals surface area contributed by atoms with Crippen LogP contribution >= 0.6 is 12.8 Å². The van der Waals surface area contributed by atoms with E-state index < -0.39 is 0 Å². The highest BCUT2D eigenvalue weighted by Crippen LogP contribution is 2.08. The Labute approximate surface area is 88.2 Å². The van der Waals surface area contributed by atoms with Crippen molar-refractivity contribution in [1.82, 2.24) is 4.72 Å². The first kappa shape index (κ1) is 13.3. The zero-order valence-electron chi connectivity index (χ0n) is 8.76. The van der Waals surface area contributed by atoms with Gasteiger partial charge in [0.15, 0.2) is 0 Å². The first-order chi connectivity index (χ1) is 6.31. The maximum Gasteiger partial charge on any atom is 0.0639 e. The second-order valence-electron chi connectivity index (χ2n) is 3.65. The maximum atomic E-state index is 5.65. The minimum absolute atomic E-state index is 0.0685. The summed E-state index contributed by atoms with van der Waals surface area (Å²) in [6, 6.07) is 0. The van der Waals surface area contributed by atoms with Gasteiger partial charge in [-0.15, -0.1) is 0 Å². The molecule has 1 unspecified atom stereocenters. The number of rotatable bonds is 9. The Hall–Kier alpha value is 0.270. The van der Waals surface area contributed by atoms with E-state index in [0.29, 0.717) is 0 Å². The van der Waals surface area contributed by atoms with Crippen LogP contribution in [0.1, 0.15) is 58.3 Å². The van der Waals surface area contributed by atoms with Gasteiger partial charge in [-0.2, -0.15) is 0 Å². The number of hydrogen-bond donors (Lipinski definition) is 3. The van der Waals surface area contributed by atoms with Crippen molar-refractivity contribution >= 4 is 12.8 Å². The summed E-state index contributed by atoms with van der Waals surface area (Å²) in [5.74, 6) is 0. The van der Waals surface area contributed by atoms with Crippen LogP contribution in [0.3, 0.4) is 0 Å². The molecule has 3 N–H and O–H groups in total. The predicted octanol–water partition coefficient (Wildman–Crippen LogP) is 2.85. The summed E-state index contributed by atoms with van der Waals surface area (Å²) in [6.07, 6.45) is 10.5. The van der Waals surface area contributed by atoms with E-state index in [-0.39, 0.29) is 6.17 Å². The molecule has 2 nitrogen and oxygen atoms in total. The van der Waals surface area contributed by atoms with Crippen LogP contribution in [-0.4, -0.2) is 6.17 Å². The molecular formula is C10H24N2S. The van der Waals surface area contributed by atoms with Gasteiger partial charge in [-0.05, 0) is 6.42 Å². The van der Waals surface area contributed by atoms with Gasteiger partial charge >= 0.3 is 0 Å². The molecule has 0 aliphatic rings. The number of nitrogens with one attached hydrogen (secondary N) is 1. The van der Waals surface area contributed by atoms with E-state index in [9.17, 15) is 0 Å². The molecule has 0 aliphatic carbocycles. The zero-order valence-corrected chi connectivity index (χ0v) is 9.65. The highest BCUT2D eigenvalue weighted by atomic mass is 32.1. The van der Waals surface area contributed by atoms with Crippen LogP contribution < -0.4 is 10.5 Å². The Bertz CT molecular complexity index is 98.9. The van der Waals surface area contributed by atoms with Gasteiger partial charge < -0.3 is 5.73 Å². The van der Waals surface area contributed by atoms with Crippen LogP contribution in [0.2, 0.25) is 0 Å². The van der Waals surface area contributed by atoms with Gasteiger partial charge in [0.05, 0.1) is 6.17 Å². The first-order valence-electron chi connectivity index (χ1n) is 5.46. The Morgan fingerprint density at radius 2 is 1.62 bits per heavy atom. The molecule has 0 aromatic rings. The van der Waals surface area contributed by atoms with Crippen molar-refractivity contribution in [1.29, 1.82) is 0 Å². The number of hydrogen-bond acceptors (Lipinski definition) is 3. The van der Waals surface area contributed by atoms with E-state index >= 15 is 0 Å². The van der Waals surface area contributed by atoms with Crippen LogP contribution in [0.5, 0.6) is 0 Å². The van der Waals surface area contributed by atoms with E-state index in [1.807, 2.05) is 0 Å². The van der Waals surface area contributed by atoms with Crippen molar-refractivity contribution < 1.29 is 0 Å². The molecule has 0 spiro atoms. The third kappa shape index (κ3) is 10.2. The van der Waals surface area contributed by atoms with Crippen LogP contribution in [0, 0.1) is 0 Å². The molecule has 0 rings (SSSR count). The fourth-order valence-corrected chi connectivity index (χ4v) is 1.52. The lowest BCUT2D eigenvalue weighted by molar-refractivity contribution is 0.524. The summed E-state index contributed by atoms with van der Waals surface area (Å²) in [6.45, 7) is 2.25. The van der Waals surface area contributed by atoms with Crippen LogP contribution in [0.15, 0.2) is 0 Å². The Morgan fingerprint density at radius 1 is 1.08 bits per heavy atom. The normalized spacial score (nSPS) is 13.2. The van der Waals surface area contributed by atoms with E-state index in [1.165, 1.54) is 44.9 Å². The Morgan fingerprint density at radius 3 is 2.15 bits per heavy atom. The third-order valence-electron chi connectivity index (χ3n) is 2.28. The second kappa shape index (κ2) is 10.4. The van der Waals surface area contributed by atoms with Crippen LogP contribution in [-0.2, 0) is 0 Å². The second-order valence-corrected chi connectivity index (χ2v) is 3.90. The Kier molecular flexibility index (Phi) is 10.6. The Balaban J connectivity index is 2.91. The average molecular weight is 204 g/mol. The molecule has 0 heterocycles. The molecule has 1 atom stereocenters. The molecule has 0 aromatic carbocycles. The highest BCUT2D eigenvalue weighted by molar-refractivity contribution is 7.78. The summed E-state index contributed by atoms with van der Waals surface area (Å²) in [4.78, 5) is 0. The van der Waals surface area contributed by atoms with Crippen molar-refractivity contribution in [3.63, 3.8) is 0 Å². The molecule has 0 bridgehead atoms. The molecule has 0 aromatic heterocycles. The molecule has 3 heteroatoms. The fraction of sp³-hybridized carbons (Fsp3) is 1.00. The zero-order chi connectivity index (χ0) is 9.94. The molecule has 0 saturated heterocycles. The van der Waals surface area contributed by atoms with Crippen molar-refractivity contribution in [2.24, 2.45) is 5.73 Å². The molecule has 80 valence electrons. The van der Waals surface area contributed by atoms with Gasteiger partial charge in [0, 0.05) is 0 Å². The van der Waals surface area contributed by atoms with Crippen molar-refractivity contribution in [2.75, 3.05) is 0 Å². The summed E-state index contributed by atoms with van der Waals surface area (Å²) in [5, 5.41) is 0. The smallest absolute Gasteiger partial charge is 0.0639 e. The van der Waals surface area contributed by atoms with Gasteiger partial charge in [0.1, 0.15) is 0 Å². The minimum atomic E-state index is 0.0685. The highest BCUT2D eigenvalue weighted by Gasteiger charge is 1.97. The lowest BCUT2D eigenvalue weighted by Gasteiger charge is -2.08. The summed E-state index contributed by atoms with van der Waals surface area (Å²) in [7, 11) is 0. The molecule has 13 heavy (non-hydrogen) atoms. The standard InChI is InChI=1S/C10H24N2S/c1-2-3-4-5-6-7-8-9-10(11)12-13/h10,12-13H,2-9,11H2,1H3. The van der Waals surface area contributed by atoms with Gasteiger partial charge in [-0.25, -0.2) is 0 Å². The van der Waals surface area contributed by atoms with Gasteiger partial charge in [0.2, 0.25) is 0 Å². The molecule has 0 fully saturated rings. The van der Waals surface area contributed by atoms with Crippen LogP contribution in [0.4, 0.5) is 0 Å². The van der Waals surface area contributed by atoms with E-state index in [2.05, 4.69) is 24.5 Å². The molecule has 0 amide bonds. The summed E-state index contributed by atoms with van der Waals surface area (Å²) in [5.41, 5.74) is 5.65. The van der Waals surface area contributed by atoms with Crippen LogP contribution in [0.25, 0.3) is 0 Å². The molecule has 0 saturated carbocycles. The number of unbranched alkanes of at least 4 members (excludes halogenated alkanes) is 6. The van der Waals surface area contributed by atoms with E-state index in [4.69, 9.17) is 5.73 Å². The quantitative estimate of drug-likeness (QED) is 0.307. The molecular weight excluding hydrogens is 180 g/mol. The lowest BCUT2D eigenvalue weighted by atomic mass is 10.1.